The lowest BCUT2D eigenvalue weighted by Crippen LogP contribution is -2.30. The van der Waals surface area contributed by atoms with E-state index in [2.05, 4.69) is 29.6 Å². The van der Waals surface area contributed by atoms with Gasteiger partial charge in [-0.25, -0.2) is 0 Å². The van der Waals surface area contributed by atoms with Crippen LogP contribution < -0.4 is 10.1 Å². The average molecular weight is 291 g/mol. The van der Waals surface area contributed by atoms with Gasteiger partial charge >= 0.3 is 0 Å². The van der Waals surface area contributed by atoms with Crippen molar-refractivity contribution >= 4 is 11.8 Å². The first-order valence-corrected chi connectivity index (χ1v) is 9.10. The van der Waals surface area contributed by atoms with Gasteiger partial charge in [0, 0.05) is 5.75 Å². The van der Waals surface area contributed by atoms with E-state index in [1.165, 1.54) is 56.5 Å². The molecule has 0 saturated carbocycles. The Balaban J connectivity index is 1.51. The Labute approximate surface area is 126 Å². The monoisotopic (exact) mass is 291 g/mol. The summed E-state index contributed by atoms with van der Waals surface area (Å²) in [6.07, 6.45) is 6.81. The summed E-state index contributed by atoms with van der Waals surface area (Å²) in [4.78, 5) is 0. The summed E-state index contributed by atoms with van der Waals surface area (Å²) in [7, 11) is 0. The molecule has 0 aliphatic carbocycles. The highest BCUT2D eigenvalue weighted by Gasteiger charge is 2.16. The number of ether oxygens (including phenoxy) is 1. The molecule has 3 rings (SSSR count). The Morgan fingerprint density at radius 1 is 1.15 bits per heavy atom. The van der Waals surface area contributed by atoms with Crippen LogP contribution in [0.25, 0.3) is 0 Å². The zero-order chi connectivity index (χ0) is 13.6. The van der Waals surface area contributed by atoms with E-state index in [9.17, 15) is 0 Å². The first kappa shape index (κ1) is 14.3. The SMILES string of the molecule is c1cc(OC2CCCSC2)ccc1CC1CCCNC1. The van der Waals surface area contributed by atoms with Crippen molar-refractivity contribution in [3.8, 4) is 5.75 Å². The third kappa shape index (κ3) is 4.16. The molecule has 0 radical (unpaired) electrons. The van der Waals surface area contributed by atoms with E-state index in [4.69, 9.17) is 4.74 Å². The summed E-state index contributed by atoms with van der Waals surface area (Å²) in [6, 6.07) is 8.82. The van der Waals surface area contributed by atoms with Gasteiger partial charge in [-0.05, 0) is 74.6 Å². The smallest absolute Gasteiger partial charge is 0.119 e. The number of hydrogen-bond donors (Lipinski definition) is 1. The van der Waals surface area contributed by atoms with Gasteiger partial charge in [0.25, 0.3) is 0 Å². The zero-order valence-corrected chi connectivity index (χ0v) is 13.0. The lowest BCUT2D eigenvalue weighted by molar-refractivity contribution is 0.211. The third-order valence-electron chi connectivity index (χ3n) is 4.27. The number of nitrogens with one attached hydrogen (secondary N) is 1. The fraction of sp³-hybridized carbons (Fsp3) is 0.647. The minimum absolute atomic E-state index is 0.419. The van der Waals surface area contributed by atoms with Crippen LogP contribution in [0.5, 0.6) is 5.75 Å². The van der Waals surface area contributed by atoms with E-state index in [1.54, 1.807) is 0 Å². The lowest BCUT2D eigenvalue weighted by atomic mass is 9.92. The van der Waals surface area contributed by atoms with Crippen molar-refractivity contribution in [3.63, 3.8) is 0 Å². The molecule has 1 aromatic carbocycles. The molecule has 2 atom stereocenters. The second-order valence-electron chi connectivity index (χ2n) is 6.02. The maximum atomic E-state index is 6.07. The van der Waals surface area contributed by atoms with Crippen LogP contribution in [-0.4, -0.2) is 30.7 Å². The third-order valence-corrected chi connectivity index (χ3v) is 5.45. The Bertz CT molecular complexity index is 355. The molecule has 2 heterocycles. The van der Waals surface area contributed by atoms with Crippen molar-refractivity contribution < 1.29 is 4.74 Å². The van der Waals surface area contributed by atoms with Crippen LogP contribution in [-0.2, 0) is 6.42 Å². The highest BCUT2D eigenvalue weighted by Crippen LogP contribution is 2.24. The summed E-state index contributed by atoms with van der Waals surface area (Å²) >= 11 is 2.02. The van der Waals surface area contributed by atoms with Gasteiger partial charge in [0.1, 0.15) is 11.9 Å². The molecular weight excluding hydrogens is 266 g/mol. The molecule has 2 fully saturated rings. The Hall–Kier alpha value is -0.670. The second kappa shape index (κ2) is 7.37. The Morgan fingerprint density at radius 2 is 2.05 bits per heavy atom. The van der Waals surface area contributed by atoms with E-state index in [1.807, 2.05) is 11.8 Å². The van der Waals surface area contributed by atoms with Gasteiger partial charge in [0.2, 0.25) is 0 Å². The Kier molecular flexibility index (Phi) is 5.26. The van der Waals surface area contributed by atoms with Gasteiger partial charge in [-0.1, -0.05) is 12.1 Å². The molecule has 0 spiro atoms. The van der Waals surface area contributed by atoms with Crippen molar-refractivity contribution in [1.29, 1.82) is 0 Å². The fourth-order valence-corrected chi connectivity index (χ4v) is 4.17. The normalized spacial score (nSPS) is 27.2. The molecular formula is C17H25NOS. The molecule has 2 saturated heterocycles. The van der Waals surface area contributed by atoms with Crippen LogP contribution >= 0.6 is 11.8 Å². The predicted molar refractivity (Wildman–Crippen MR) is 86.7 cm³/mol. The minimum atomic E-state index is 0.419. The van der Waals surface area contributed by atoms with E-state index in [-0.39, 0.29) is 0 Å². The van der Waals surface area contributed by atoms with Crippen LogP contribution in [0.15, 0.2) is 24.3 Å². The standard InChI is InChI=1S/C17H25NOS/c1-3-15(12-18-9-1)11-14-5-7-16(8-6-14)19-17-4-2-10-20-13-17/h5-8,15,17-18H,1-4,9-13H2. The molecule has 2 unspecified atom stereocenters. The largest absolute Gasteiger partial charge is 0.490 e. The van der Waals surface area contributed by atoms with E-state index in [0.717, 1.165) is 17.4 Å². The summed E-state index contributed by atoms with van der Waals surface area (Å²) in [6.45, 7) is 2.38. The average Bonchev–Trinajstić information content (AvgIpc) is 2.51. The molecule has 1 aromatic rings. The van der Waals surface area contributed by atoms with Gasteiger partial charge in [-0.2, -0.15) is 11.8 Å². The van der Waals surface area contributed by atoms with E-state index < -0.39 is 0 Å². The van der Waals surface area contributed by atoms with Crippen molar-refractivity contribution in [3.05, 3.63) is 29.8 Å². The van der Waals surface area contributed by atoms with Crippen molar-refractivity contribution in [2.24, 2.45) is 5.92 Å². The molecule has 3 heteroatoms. The molecule has 0 amide bonds. The lowest BCUT2D eigenvalue weighted by Gasteiger charge is -2.24. The molecule has 0 aromatic heterocycles. The highest BCUT2D eigenvalue weighted by atomic mass is 32.2. The molecule has 0 bridgehead atoms. The Morgan fingerprint density at radius 3 is 2.75 bits per heavy atom. The summed E-state index contributed by atoms with van der Waals surface area (Å²) in [5, 5.41) is 3.49. The van der Waals surface area contributed by atoms with Gasteiger partial charge in [-0.3, -0.25) is 0 Å². The van der Waals surface area contributed by atoms with E-state index in [0.29, 0.717) is 6.10 Å². The van der Waals surface area contributed by atoms with Crippen molar-refractivity contribution in [2.45, 2.75) is 38.2 Å². The second-order valence-corrected chi connectivity index (χ2v) is 7.17. The number of benzene rings is 1. The number of hydrogen-bond acceptors (Lipinski definition) is 3. The number of thioether (sulfide) groups is 1. The fourth-order valence-electron chi connectivity index (χ4n) is 3.13. The molecule has 110 valence electrons. The van der Waals surface area contributed by atoms with Crippen molar-refractivity contribution in [2.75, 3.05) is 24.6 Å². The van der Waals surface area contributed by atoms with Crippen LogP contribution in [0.3, 0.4) is 0 Å². The predicted octanol–water partition coefficient (Wildman–Crippen LogP) is 3.50. The van der Waals surface area contributed by atoms with Crippen LogP contribution in [0.1, 0.15) is 31.2 Å². The van der Waals surface area contributed by atoms with Gasteiger partial charge in [-0.15, -0.1) is 0 Å². The summed E-state index contributed by atoms with van der Waals surface area (Å²) in [5.41, 5.74) is 1.45. The van der Waals surface area contributed by atoms with Gasteiger partial charge in [0.15, 0.2) is 0 Å². The minimum Gasteiger partial charge on any atom is -0.490 e. The molecule has 2 aliphatic rings. The molecule has 2 aliphatic heterocycles. The van der Waals surface area contributed by atoms with Crippen molar-refractivity contribution in [1.82, 2.24) is 5.32 Å². The highest BCUT2D eigenvalue weighted by molar-refractivity contribution is 7.99. The van der Waals surface area contributed by atoms with Crippen LogP contribution in [0.4, 0.5) is 0 Å². The number of rotatable bonds is 4. The maximum absolute atomic E-state index is 6.07. The first-order chi connectivity index (χ1) is 9.90. The molecule has 20 heavy (non-hydrogen) atoms. The van der Waals surface area contributed by atoms with Crippen LogP contribution in [0, 0.1) is 5.92 Å². The topological polar surface area (TPSA) is 21.3 Å². The molecule has 2 nitrogen and oxygen atoms in total. The molecule has 1 N–H and O–H groups in total. The van der Waals surface area contributed by atoms with Gasteiger partial charge in [0.05, 0.1) is 0 Å². The van der Waals surface area contributed by atoms with E-state index >= 15 is 0 Å². The van der Waals surface area contributed by atoms with Crippen LogP contribution in [0.2, 0.25) is 0 Å². The summed E-state index contributed by atoms with van der Waals surface area (Å²) in [5.74, 6) is 4.30. The quantitative estimate of drug-likeness (QED) is 0.917. The number of piperidine rings is 1. The van der Waals surface area contributed by atoms with Gasteiger partial charge < -0.3 is 10.1 Å². The maximum Gasteiger partial charge on any atom is 0.119 e. The first-order valence-electron chi connectivity index (χ1n) is 7.94. The zero-order valence-electron chi connectivity index (χ0n) is 12.1. The summed E-state index contributed by atoms with van der Waals surface area (Å²) < 4.78 is 6.07.